The largest absolute Gasteiger partial charge is 0.379 e. The summed E-state index contributed by atoms with van der Waals surface area (Å²) in [6, 6.07) is 4.51. The minimum atomic E-state index is -3.57. The Kier molecular flexibility index (Phi) is 4.02. The lowest BCUT2D eigenvalue weighted by atomic mass is 10.3. The monoisotopic (exact) mass is 347 g/mol. The van der Waals surface area contributed by atoms with Crippen molar-refractivity contribution in [2.45, 2.75) is 4.90 Å². The van der Waals surface area contributed by atoms with Crippen molar-refractivity contribution >= 4 is 44.3 Å². The molecule has 0 aliphatic carbocycles. The van der Waals surface area contributed by atoms with Gasteiger partial charge < -0.3 is 4.74 Å². The second-order valence-electron chi connectivity index (χ2n) is 4.47. The van der Waals surface area contributed by atoms with E-state index in [0.717, 1.165) is 0 Å². The molecule has 112 valence electrons. The smallest absolute Gasteiger partial charge is 0.243 e. The molecule has 3 rings (SSSR count). The van der Waals surface area contributed by atoms with Crippen molar-refractivity contribution in [1.82, 2.24) is 14.3 Å². The van der Waals surface area contributed by atoms with Gasteiger partial charge in [-0.15, -0.1) is 0 Å². The fraction of sp³-hybridized carbons (Fsp3) is 0.333. The van der Waals surface area contributed by atoms with Crippen LogP contribution in [-0.4, -0.2) is 49.0 Å². The van der Waals surface area contributed by atoms with Crippen molar-refractivity contribution in [3.8, 4) is 0 Å². The first kappa shape index (κ1) is 14.9. The van der Waals surface area contributed by atoms with Crippen LogP contribution in [0.3, 0.4) is 0 Å². The van der Waals surface area contributed by atoms with Crippen LogP contribution in [0.4, 0.5) is 0 Å². The van der Waals surface area contributed by atoms with Gasteiger partial charge in [-0.1, -0.05) is 23.2 Å². The van der Waals surface area contributed by atoms with Gasteiger partial charge in [-0.25, -0.2) is 18.4 Å². The van der Waals surface area contributed by atoms with Gasteiger partial charge >= 0.3 is 0 Å². The number of halogens is 2. The highest BCUT2D eigenvalue weighted by Gasteiger charge is 2.26. The summed E-state index contributed by atoms with van der Waals surface area (Å²) in [5.41, 5.74) is 0.879. The molecule has 0 amide bonds. The van der Waals surface area contributed by atoms with Crippen molar-refractivity contribution in [3.63, 3.8) is 0 Å². The van der Waals surface area contributed by atoms with Gasteiger partial charge in [0, 0.05) is 13.1 Å². The Labute approximate surface area is 131 Å². The van der Waals surface area contributed by atoms with Gasteiger partial charge in [0.05, 0.1) is 29.1 Å². The van der Waals surface area contributed by atoms with Crippen molar-refractivity contribution in [2.75, 3.05) is 26.3 Å². The fourth-order valence-corrected chi connectivity index (χ4v) is 3.78. The highest BCUT2D eigenvalue weighted by molar-refractivity contribution is 7.89. The van der Waals surface area contributed by atoms with E-state index in [4.69, 9.17) is 27.9 Å². The Morgan fingerprint density at radius 2 is 1.67 bits per heavy atom. The third-order valence-corrected chi connectivity index (χ3v) is 5.68. The molecule has 1 fully saturated rings. The summed E-state index contributed by atoms with van der Waals surface area (Å²) in [4.78, 5) is 8.27. The van der Waals surface area contributed by atoms with Crippen molar-refractivity contribution in [1.29, 1.82) is 0 Å². The molecule has 0 radical (unpaired) electrons. The molecule has 2 aromatic rings. The van der Waals surface area contributed by atoms with Crippen LogP contribution >= 0.6 is 23.2 Å². The average molecular weight is 348 g/mol. The van der Waals surface area contributed by atoms with Crippen molar-refractivity contribution in [2.24, 2.45) is 0 Å². The van der Waals surface area contributed by atoms with Gasteiger partial charge in [-0.2, -0.15) is 4.31 Å². The molecule has 1 aliphatic rings. The number of rotatable bonds is 2. The molecule has 0 saturated carbocycles. The first-order valence-corrected chi connectivity index (χ1v) is 8.39. The summed E-state index contributed by atoms with van der Waals surface area (Å²) in [5.74, 6) is 0. The molecule has 2 heterocycles. The Morgan fingerprint density at radius 3 is 2.33 bits per heavy atom. The molecule has 0 spiro atoms. The van der Waals surface area contributed by atoms with Gasteiger partial charge in [0.2, 0.25) is 10.0 Å². The molecule has 6 nitrogen and oxygen atoms in total. The second-order valence-corrected chi connectivity index (χ2v) is 7.13. The number of aromatic nitrogens is 2. The fourth-order valence-electron chi connectivity index (χ4n) is 2.09. The lowest BCUT2D eigenvalue weighted by Gasteiger charge is -2.26. The lowest BCUT2D eigenvalue weighted by Crippen LogP contribution is -2.40. The summed E-state index contributed by atoms with van der Waals surface area (Å²) in [5, 5.41) is 0.137. The number of hydrogen-bond donors (Lipinski definition) is 0. The Hall–Kier alpha value is -0.990. The zero-order chi connectivity index (χ0) is 15.0. The molecule has 1 aromatic heterocycles. The van der Waals surface area contributed by atoms with Crippen LogP contribution in [0.1, 0.15) is 0 Å². The zero-order valence-corrected chi connectivity index (χ0v) is 13.1. The standard InChI is InChI=1S/C12H11Cl2N3O3S/c13-11-12(14)16-10-7-8(1-2-9(10)15-11)21(18,19)17-3-5-20-6-4-17/h1-2,7H,3-6H2. The van der Waals surface area contributed by atoms with Crippen molar-refractivity contribution in [3.05, 3.63) is 28.5 Å². The van der Waals surface area contributed by atoms with Gasteiger partial charge in [0.25, 0.3) is 0 Å². The number of ether oxygens (including phenoxy) is 1. The number of hydrogen-bond acceptors (Lipinski definition) is 5. The van der Waals surface area contributed by atoms with Crippen LogP contribution in [-0.2, 0) is 14.8 Å². The minimum absolute atomic E-state index is 0.0464. The van der Waals surface area contributed by atoms with Crippen molar-refractivity contribution < 1.29 is 13.2 Å². The van der Waals surface area contributed by atoms with Gasteiger partial charge in [-0.05, 0) is 18.2 Å². The van der Waals surface area contributed by atoms with Crippen LogP contribution in [0, 0.1) is 0 Å². The third kappa shape index (κ3) is 2.84. The molecule has 0 bridgehead atoms. The zero-order valence-electron chi connectivity index (χ0n) is 10.8. The van der Waals surface area contributed by atoms with E-state index in [0.29, 0.717) is 37.3 Å². The molecule has 0 unspecified atom stereocenters. The van der Waals surface area contributed by atoms with Gasteiger partial charge in [0.15, 0.2) is 10.3 Å². The summed E-state index contributed by atoms with van der Waals surface area (Å²) >= 11 is 11.6. The molecule has 9 heteroatoms. The summed E-state index contributed by atoms with van der Waals surface area (Å²) in [6.45, 7) is 1.48. The second kappa shape index (κ2) is 5.66. The lowest BCUT2D eigenvalue weighted by molar-refractivity contribution is 0.0730. The topological polar surface area (TPSA) is 72.4 Å². The number of sulfonamides is 1. The maximum absolute atomic E-state index is 12.5. The molecular weight excluding hydrogens is 337 g/mol. The van der Waals surface area contributed by atoms with Crippen LogP contribution in [0.5, 0.6) is 0 Å². The van der Waals surface area contributed by atoms with Gasteiger partial charge in [-0.3, -0.25) is 0 Å². The maximum Gasteiger partial charge on any atom is 0.243 e. The van der Waals surface area contributed by atoms with Crippen LogP contribution in [0.25, 0.3) is 11.0 Å². The first-order valence-electron chi connectivity index (χ1n) is 6.19. The average Bonchev–Trinajstić information content (AvgIpc) is 2.49. The van der Waals surface area contributed by atoms with E-state index in [1.54, 1.807) is 6.07 Å². The molecule has 0 atom stereocenters. The summed E-state index contributed by atoms with van der Waals surface area (Å²) in [6.07, 6.45) is 0. The summed E-state index contributed by atoms with van der Waals surface area (Å²) in [7, 11) is -3.57. The van der Waals surface area contributed by atoms with E-state index >= 15 is 0 Å². The Bertz CT molecular complexity index is 792. The number of morpholine rings is 1. The van der Waals surface area contributed by atoms with E-state index in [-0.39, 0.29) is 15.2 Å². The predicted octanol–water partition coefficient (Wildman–Crippen LogP) is 1.96. The first-order chi connectivity index (χ1) is 9.98. The minimum Gasteiger partial charge on any atom is -0.379 e. The van der Waals surface area contributed by atoms with Crippen LogP contribution in [0.2, 0.25) is 10.3 Å². The molecule has 1 saturated heterocycles. The third-order valence-electron chi connectivity index (χ3n) is 3.16. The van der Waals surface area contributed by atoms with Crippen LogP contribution < -0.4 is 0 Å². The SMILES string of the molecule is O=S(=O)(c1ccc2nc(Cl)c(Cl)nc2c1)N1CCOCC1. The van der Waals surface area contributed by atoms with E-state index in [9.17, 15) is 8.42 Å². The molecule has 1 aliphatic heterocycles. The summed E-state index contributed by atoms with van der Waals surface area (Å²) < 4.78 is 31.7. The molecule has 0 N–H and O–H groups in total. The van der Waals surface area contributed by atoms with E-state index in [1.165, 1.54) is 16.4 Å². The molecule has 1 aromatic carbocycles. The predicted molar refractivity (Wildman–Crippen MR) is 79.1 cm³/mol. The van der Waals surface area contributed by atoms with Crippen LogP contribution in [0.15, 0.2) is 23.1 Å². The number of fused-ring (bicyclic) bond motifs is 1. The van der Waals surface area contributed by atoms with Gasteiger partial charge in [0.1, 0.15) is 0 Å². The van der Waals surface area contributed by atoms with E-state index in [1.807, 2.05) is 0 Å². The molecule has 21 heavy (non-hydrogen) atoms. The normalized spacial score (nSPS) is 17.2. The number of nitrogens with zero attached hydrogens (tertiary/aromatic N) is 3. The molecular formula is C12H11Cl2N3O3S. The number of benzene rings is 1. The quantitative estimate of drug-likeness (QED) is 0.830. The highest BCUT2D eigenvalue weighted by atomic mass is 35.5. The van der Waals surface area contributed by atoms with E-state index in [2.05, 4.69) is 9.97 Å². The Balaban J connectivity index is 2.05. The Morgan fingerprint density at radius 1 is 1.05 bits per heavy atom. The maximum atomic E-state index is 12.5. The highest BCUT2D eigenvalue weighted by Crippen LogP contribution is 2.24. The van der Waals surface area contributed by atoms with E-state index < -0.39 is 10.0 Å².